The summed E-state index contributed by atoms with van der Waals surface area (Å²) < 4.78 is 12.0. The van der Waals surface area contributed by atoms with Crippen LogP contribution in [-0.2, 0) is 14.1 Å². The van der Waals surface area contributed by atoms with Gasteiger partial charge in [-0.05, 0) is 24.3 Å². The van der Waals surface area contributed by atoms with Gasteiger partial charge in [-0.25, -0.2) is 4.79 Å². The predicted molar refractivity (Wildman–Crippen MR) is 102 cm³/mol. The minimum atomic E-state index is -0.902. The number of hydrogen-bond acceptors (Lipinski definition) is 8. The Balaban J connectivity index is 1.77. The van der Waals surface area contributed by atoms with E-state index < -0.39 is 28.6 Å². The van der Waals surface area contributed by atoms with Gasteiger partial charge in [0, 0.05) is 31.9 Å². The van der Waals surface area contributed by atoms with Crippen LogP contribution in [0.3, 0.4) is 0 Å². The standard InChI is InChI=1S/C18H17N5O6/c1-22-16(25)14(17(26)23(2)18(22)27)15(24)19-10-4-6-11(7-5-10)29-13-9-8-12(28-3)20-21-13/h4-9,25H,1-3H3,(H,19,24). The van der Waals surface area contributed by atoms with Crippen molar-refractivity contribution < 1.29 is 19.4 Å². The highest BCUT2D eigenvalue weighted by Crippen LogP contribution is 2.22. The highest BCUT2D eigenvalue weighted by molar-refractivity contribution is 6.05. The van der Waals surface area contributed by atoms with Crippen LogP contribution in [-0.4, -0.2) is 37.5 Å². The smallest absolute Gasteiger partial charge is 0.333 e. The molecule has 0 aliphatic rings. The predicted octanol–water partition coefficient (Wildman–Crippen LogP) is 0.633. The van der Waals surface area contributed by atoms with E-state index in [4.69, 9.17) is 9.47 Å². The molecule has 29 heavy (non-hydrogen) atoms. The third-order valence-electron chi connectivity index (χ3n) is 4.02. The van der Waals surface area contributed by atoms with Crippen molar-refractivity contribution in [3.8, 4) is 23.4 Å². The number of carbonyl (C=O) groups excluding carboxylic acids is 1. The van der Waals surface area contributed by atoms with Gasteiger partial charge in [0.15, 0.2) is 5.56 Å². The van der Waals surface area contributed by atoms with E-state index in [9.17, 15) is 19.5 Å². The summed E-state index contributed by atoms with van der Waals surface area (Å²) in [6.45, 7) is 0. The number of benzene rings is 1. The minimum Gasteiger partial charge on any atom is -0.494 e. The summed E-state index contributed by atoms with van der Waals surface area (Å²) in [5, 5.41) is 20.1. The first-order valence-electron chi connectivity index (χ1n) is 8.27. The van der Waals surface area contributed by atoms with Gasteiger partial charge in [-0.3, -0.25) is 18.7 Å². The highest BCUT2D eigenvalue weighted by Gasteiger charge is 2.21. The van der Waals surface area contributed by atoms with Gasteiger partial charge >= 0.3 is 5.69 Å². The van der Waals surface area contributed by atoms with E-state index in [-0.39, 0.29) is 5.88 Å². The van der Waals surface area contributed by atoms with Crippen LogP contribution >= 0.6 is 0 Å². The monoisotopic (exact) mass is 399 g/mol. The van der Waals surface area contributed by atoms with Crippen molar-refractivity contribution in [3.63, 3.8) is 0 Å². The molecule has 2 N–H and O–H groups in total. The minimum absolute atomic E-state index is 0.251. The average Bonchev–Trinajstić information content (AvgIpc) is 2.73. The fourth-order valence-electron chi connectivity index (χ4n) is 2.42. The fraction of sp³-hybridized carbons (Fsp3) is 0.167. The molecule has 11 nitrogen and oxygen atoms in total. The molecule has 2 heterocycles. The number of nitrogens with one attached hydrogen (secondary N) is 1. The molecule has 3 rings (SSSR count). The first-order valence-corrected chi connectivity index (χ1v) is 8.27. The van der Waals surface area contributed by atoms with Crippen molar-refractivity contribution in [3.05, 3.63) is 62.8 Å². The summed E-state index contributed by atoms with van der Waals surface area (Å²) in [6, 6.07) is 9.39. The second kappa shape index (κ2) is 7.84. The highest BCUT2D eigenvalue weighted by atomic mass is 16.5. The van der Waals surface area contributed by atoms with Crippen LogP contribution < -0.4 is 26.0 Å². The number of ether oxygens (including phenoxy) is 2. The van der Waals surface area contributed by atoms with E-state index in [2.05, 4.69) is 15.5 Å². The molecule has 150 valence electrons. The molecule has 0 bridgehead atoms. The molecule has 11 heteroatoms. The molecular formula is C18H17N5O6. The van der Waals surface area contributed by atoms with Crippen LogP contribution in [0.1, 0.15) is 10.4 Å². The summed E-state index contributed by atoms with van der Waals surface area (Å²) in [4.78, 5) is 36.4. The van der Waals surface area contributed by atoms with Crippen LogP contribution in [0, 0.1) is 0 Å². The molecule has 0 spiro atoms. The molecule has 0 atom stereocenters. The van der Waals surface area contributed by atoms with Gasteiger partial charge in [0.1, 0.15) is 5.75 Å². The quantitative estimate of drug-likeness (QED) is 0.637. The largest absolute Gasteiger partial charge is 0.494 e. The van der Waals surface area contributed by atoms with E-state index in [1.807, 2.05) is 0 Å². The van der Waals surface area contributed by atoms with Gasteiger partial charge in [0.2, 0.25) is 17.6 Å². The van der Waals surface area contributed by atoms with Crippen molar-refractivity contribution >= 4 is 11.6 Å². The SMILES string of the molecule is COc1ccc(Oc2ccc(NC(=O)c3c(O)n(C)c(=O)n(C)c3=O)cc2)nn1. The number of aromatic nitrogens is 4. The van der Waals surface area contributed by atoms with E-state index >= 15 is 0 Å². The van der Waals surface area contributed by atoms with E-state index in [1.54, 1.807) is 24.3 Å². The number of carbonyl (C=O) groups is 1. The number of nitrogens with zero attached hydrogens (tertiary/aromatic N) is 4. The zero-order valence-electron chi connectivity index (χ0n) is 15.7. The second-order valence-corrected chi connectivity index (χ2v) is 5.90. The lowest BCUT2D eigenvalue weighted by Crippen LogP contribution is -2.40. The number of anilines is 1. The Labute approximate surface area is 163 Å². The number of aromatic hydroxyl groups is 1. The van der Waals surface area contributed by atoms with Crippen LogP contribution in [0.5, 0.6) is 23.4 Å². The summed E-state index contributed by atoms with van der Waals surface area (Å²) in [5.74, 6) is -0.533. The van der Waals surface area contributed by atoms with Gasteiger partial charge in [0.05, 0.1) is 7.11 Å². The number of rotatable bonds is 5. The molecule has 0 saturated heterocycles. The van der Waals surface area contributed by atoms with Gasteiger partial charge < -0.3 is 19.9 Å². The molecule has 1 aromatic carbocycles. The van der Waals surface area contributed by atoms with Gasteiger partial charge in [-0.15, -0.1) is 10.2 Å². The third-order valence-corrected chi connectivity index (χ3v) is 4.02. The molecule has 2 aromatic heterocycles. The van der Waals surface area contributed by atoms with Gasteiger partial charge in [0.25, 0.3) is 11.5 Å². The van der Waals surface area contributed by atoms with Crippen molar-refractivity contribution in [2.75, 3.05) is 12.4 Å². The Hall–Kier alpha value is -4.15. The first-order chi connectivity index (χ1) is 13.8. The maximum absolute atomic E-state index is 12.4. The van der Waals surface area contributed by atoms with Crippen LogP contribution in [0.4, 0.5) is 5.69 Å². The lowest BCUT2D eigenvalue weighted by molar-refractivity contribution is 0.102. The zero-order valence-corrected chi connectivity index (χ0v) is 15.7. The van der Waals surface area contributed by atoms with Crippen LogP contribution in [0.15, 0.2) is 46.0 Å². The summed E-state index contributed by atoms with van der Waals surface area (Å²) >= 11 is 0. The molecule has 0 radical (unpaired) electrons. The van der Waals surface area contributed by atoms with E-state index in [0.29, 0.717) is 17.3 Å². The Morgan fingerprint density at radius 2 is 1.62 bits per heavy atom. The Bertz CT molecular complexity index is 1170. The van der Waals surface area contributed by atoms with Crippen molar-refractivity contribution in [2.45, 2.75) is 0 Å². The maximum atomic E-state index is 12.4. The van der Waals surface area contributed by atoms with Crippen LogP contribution in [0.2, 0.25) is 0 Å². The number of hydrogen-bond donors (Lipinski definition) is 2. The van der Waals surface area contributed by atoms with Crippen molar-refractivity contribution in [1.82, 2.24) is 19.3 Å². The lowest BCUT2D eigenvalue weighted by Gasteiger charge is -2.11. The molecule has 1 amide bonds. The first kappa shape index (κ1) is 19.6. The molecular weight excluding hydrogens is 382 g/mol. The second-order valence-electron chi connectivity index (χ2n) is 5.90. The lowest BCUT2D eigenvalue weighted by atomic mass is 10.2. The van der Waals surface area contributed by atoms with Crippen LogP contribution in [0.25, 0.3) is 0 Å². The third kappa shape index (κ3) is 3.93. The fourth-order valence-corrected chi connectivity index (χ4v) is 2.42. The molecule has 0 aliphatic heterocycles. The molecule has 3 aromatic rings. The summed E-state index contributed by atoms with van der Waals surface area (Å²) in [6.07, 6.45) is 0. The van der Waals surface area contributed by atoms with E-state index in [0.717, 1.165) is 9.13 Å². The molecule has 0 unspecified atom stereocenters. The maximum Gasteiger partial charge on any atom is 0.333 e. The Morgan fingerprint density at radius 1 is 1.00 bits per heavy atom. The zero-order chi connectivity index (χ0) is 21.1. The molecule has 0 aliphatic carbocycles. The van der Waals surface area contributed by atoms with E-state index in [1.165, 1.54) is 33.3 Å². The van der Waals surface area contributed by atoms with Crippen molar-refractivity contribution in [2.24, 2.45) is 14.1 Å². The van der Waals surface area contributed by atoms with Gasteiger partial charge in [-0.1, -0.05) is 0 Å². The normalized spacial score (nSPS) is 10.4. The molecule has 0 fully saturated rings. The average molecular weight is 399 g/mol. The topological polar surface area (TPSA) is 138 Å². The number of amides is 1. The summed E-state index contributed by atoms with van der Waals surface area (Å²) in [5.41, 5.74) is -1.84. The number of methoxy groups -OCH3 is 1. The van der Waals surface area contributed by atoms with Gasteiger partial charge in [-0.2, -0.15) is 0 Å². The molecule has 0 saturated carbocycles. The Morgan fingerprint density at radius 3 is 2.21 bits per heavy atom. The summed E-state index contributed by atoms with van der Waals surface area (Å²) in [7, 11) is 3.94. The Kier molecular flexibility index (Phi) is 5.30. The van der Waals surface area contributed by atoms with Crippen molar-refractivity contribution in [1.29, 1.82) is 0 Å².